The average Bonchev–Trinajstić information content (AvgIpc) is 2.70. The Labute approximate surface area is 133 Å². The average molecular weight is 310 g/mol. The lowest BCUT2D eigenvalue weighted by Crippen LogP contribution is -2.41. The van der Waals surface area contributed by atoms with Gasteiger partial charge < -0.3 is 10.4 Å². The van der Waals surface area contributed by atoms with Crippen LogP contribution in [0.4, 0.5) is 0 Å². The van der Waals surface area contributed by atoms with Gasteiger partial charge in [0.1, 0.15) is 0 Å². The van der Waals surface area contributed by atoms with Gasteiger partial charge in [-0.3, -0.25) is 0 Å². The second kappa shape index (κ2) is 8.17. The molecule has 1 aromatic carbocycles. The SMILES string of the molecule is CCCC(NCC1(O)CCCCCC1)c1ccc(Cl)cc1. The molecule has 1 aliphatic rings. The van der Waals surface area contributed by atoms with Gasteiger partial charge >= 0.3 is 0 Å². The number of hydrogen-bond acceptors (Lipinski definition) is 2. The summed E-state index contributed by atoms with van der Waals surface area (Å²) in [5, 5.41) is 15.2. The highest BCUT2D eigenvalue weighted by Crippen LogP contribution is 2.28. The highest BCUT2D eigenvalue weighted by atomic mass is 35.5. The Bertz CT molecular complexity index is 410. The van der Waals surface area contributed by atoms with Crippen molar-refractivity contribution in [1.29, 1.82) is 0 Å². The van der Waals surface area contributed by atoms with E-state index < -0.39 is 5.60 Å². The molecule has 1 saturated carbocycles. The Hall–Kier alpha value is -0.570. The molecule has 2 rings (SSSR count). The van der Waals surface area contributed by atoms with Crippen molar-refractivity contribution in [3.05, 3.63) is 34.9 Å². The van der Waals surface area contributed by atoms with E-state index in [1.165, 1.54) is 18.4 Å². The van der Waals surface area contributed by atoms with Gasteiger partial charge in [-0.25, -0.2) is 0 Å². The van der Waals surface area contributed by atoms with Crippen molar-refractivity contribution in [2.75, 3.05) is 6.54 Å². The van der Waals surface area contributed by atoms with E-state index in [9.17, 15) is 5.11 Å². The van der Waals surface area contributed by atoms with Crippen LogP contribution in [0.5, 0.6) is 0 Å². The minimum atomic E-state index is -0.519. The molecule has 0 aliphatic heterocycles. The molecule has 0 heterocycles. The van der Waals surface area contributed by atoms with Gasteiger partial charge in [-0.1, -0.05) is 62.8 Å². The van der Waals surface area contributed by atoms with Crippen molar-refractivity contribution in [1.82, 2.24) is 5.32 Å². The molecule has 3 heteroatoms. The van der Waals surface area contributed by atoms with Gasteiger partial charge in [0.25, 0.3) is 0 Å². The lowest BCUT2D eigenvalue weighted by atomic mass is 9.93. The molecule has 118 valence electrons. The topological polar surface area (TPSA) is 32.3 Å². The number of nitrogens with one attached hydrogen (secondary N) is 1. The van der Waals surface area contributed by atoms with Crippen LogP contribution in [0.1, 0.15) is 69.9 Å². The standard InChI is InChI=1S/C18H28ClNO/c1-2-7-17(15-8-10-16(19)11-9-15)20-14-18(21)12-5-3-4-6-13-18/h8-11,17,20-21H,2-7,12-14H2,1H3. The Morgan fingerprint density at radius 2 is 1.76 bits per heavy atom. The third-order valence-corrected chi connectivity index (χ3v) is 4.81. The van der Waals surface area contributed by atoms with Crippen LogP contribution in [0.25, 0.3) is 0 Å². The Balaban J connectivity index is 1.97. The van der Waals surface area contributed by atoms with Crippen LogP contribution < -0.4 is 5.32 Å². The van der Waals surface area contributed by atoms with Crippen molar-refractivity contribution < 1.29 is 5.11 Å². The van der Waals surface area contributed by atoms with E-state index in [0.717, 1.165) is 43.5 Å². The highest BCUT2D eigenvalue weighted by Gasteiger charge is 2.28. The first kappa shape index (κ1) is 16.8. The summed E-state index contributed by atoms with van der Waals surface area (Å²) >= 11 is 5.97. The smallest absolute Gasteiger partial charge is 0.0771 e. The molecule has 1 fully saturated rings. The van der Waals surface area contributed by atoms with Crippen LogP contribution in [0.15, 0.2) is 24.3 Å². The molecular formula is C18H28ClNO. The molecule has 0 bridgehead atoms. The molecule has 1 aliphatic carbocycles. The molecule has 1 aromatic rings. The minimum absolute atomic E-state index is 0.305. The number of benzene rings is 1. The van der Waals surface area contributed by atoms with Crippen LogP contribution in [0.2, 0.25) is 5.02 Å². The predicted molar refractivity (Wildman–Crippen MR) is 89.8 cm³/mol. The Morgan fingerprint density at radius 3 is 2.33 bits per heavy atom. The second-order valence-corrected chi connectivity index (χ2v) is 6.85. The molecule has 0 amide bonds. The maximum absolute atomic E-state index is 10.8. The zero-order valence-corrected chi connectivity index (χ0v) is 13.8. The molecule has 1 unspecified atom stereocenters. The van der Waals surface area contributed by atoms with Gasteiger partial charge in [0, 0.05) is 17.6 Å². The van der Waals surface area contributed by atoms with Gasteiger partial charge in [0.15, 0.2) is 0 Å². The summed E-state index contributed by atoms with van der Waals surface area (Å²) in [7, 11) is 0. The maximum Gasteiger partial charge on any atom is 0.0771 e. The van der Waals surface area contributed by atoms with Crippen molar-refractivity contribution >= 4 is 11.6 Å². The third-order valence-electron chi connectivity index (χ3n) is 4.56. The van der Waals surface area contributed by atoms with Crippen molar-refractivity contribution in [3.63, 3.8) is 0 Å². The molecule has 21 heavy (non-hydrogen) atoms. The van der Waals surface area contributed by atoms with Gasteiger partial charge in [0.2, 0.25) is 0 Å². The third kappa shape index (κ3) is 5.28. The van der Waals surface area contributed by atoms with Crippen LogP contribution in [0.3, 0.4) is 0 Å². The van der Waals surface area contributed by atoms with Crippen molar-refractivity contribution in [2.45, 2.75) is 69.9 Å². The summed E-state index contributed by atoms with van der Waals surface area (Å²) in [4.78, 5) is 0. The molecule has 0 spiro atoms. The molecule has 2 nitrogen and oxygen atoms in total. The molecule has 0 saturated heterocycles. The molecule has 1 atom stereocenters. The molecular weight excluding hydrogens is 282 g/mol. The van der Waals surface area contributed by atoms with Crippen LogP contribution in [-0.2, 0) is 0 Å². The summed E-state index contributed by atoms with van der Waals surface area (Å²) in [5.41, 5.74) is 0.744. The van der Waals surface area contributed by atoms with Crippen LogP contribution >= 0.6 is 11.6 Å². The van der Waals surface area contributed by atoms with E-state index in [1.54, 1.807) is 0 Å². The van der Waals surface area contributed by atoms with E-state index in [1.807, 2.05) is 12.1 Å². The number of aliphatic hydroxyl groups is 1. The fourth-order valence-electron chi connectivity index (χ4n) is 3.25. The zero-order chi connectivity index (χ0) is 15.1. The van der Waals surface area contributed by atoms with E-state index in [2.05, 4.69) is 24.4 Å². The fourth-order valence-corrected chi connectivity index (χ4v) is 3.37. The Kier molecular flexibility index (Phi) is 6.53. The van der Waals surface area contributed by atoms with Gasteiger partial charge in [0.05, 0.1) is 5.60 Å². The fraction of sp³-hybridized carbons (Fsp3) is 0.667. The summed E-state index contributed by atoms with van der Waals surface area (Å²) in [6.45, 7) is 2.89. The lowest BCUT2D eigenvalue weighted by molar-refractivity contribution is 0.0224. The van der Waals surface area contributed by atoms with E-state index in [-0.39, 0.29) is 0 Å². The summed E-state index contributed by atoms with van der Waals surface area (Å²) in [6.07, 6.45) is 8.89. The normalized spacial score (nSPS) is 20.0. The summed E-state index contributed by atoms with van der Waals surface area (Å²) in [6, 6.07) is 8.38. The van der Waals surface area contributed by atoms with E-state index in [0.29, 0.717) is 12.6 Å². The first-order valence-electron chi connectivity index (χ1n) is 8.34. The number of halogens is 1. The summed E-state index contributed by atoms with van der Waals surface area (Å²) in [5.74, 6) is 0. The van der Waals surface area contributed by atoms with Gasteiger partial charge in [-0.2, -0.15) is 0 Å². The maximum atomic E-state index is 10.8. The zero-order valence-electron chi connectivity index (χ0n) is 13.1. The van der Waals surface area contributed by atoms with E-state index >= 15 is 0 Å². The molecule has 0 aromatic heterocycles. The van der Waals surface area contributed by atoms with Crippen LogP contribution in [-0.4, -0.2) is 17.3 Å². The minimum Gasteiger partial charge on any atom is -0.389 e. The lowest BCUT2D eigenvalue weighted by Gasteiger charge is -2.30. The van der Waals surface area contributed by atoms with Gasteiger partial charge in [-0.05, 0) is 37.0 Å². The number of rotatable bonds is 6. The molecule has 0 radical (unpaired) electrons. The monoisotopic (exact) mass is 309 g/mol. The Morgan fingerprint density at radius 1 is 1.14 bits per heavy atom. The quantitative estimate of drug-likeness (QED) is 0.736. The largest absolute Gasteiger partial charge is 0.389 e. The van der Waals surface area contributed by atoms with Crippen molar-refractivity contribution in [2.24, 2.45) is 0 Å². The van der Waals surface area contributed by atoms with E-state index in [4.69, 9.17) is 11.6 Å². The van der Waals surface area contributed by atoms with Crippen LogP contribution in [0, 0.1) is 0 Å². The molecule has 2 N–H and O–H groups in total. The first-order valence-corrected chi connectivity index (χ1v) is 8.72. The predicted octanol–water partition coefficient (Wildman–Crippen LogP) is 4.86. The highest BCUT2D eigenvalue weighted by molar-refractivity contribution is 6.30. The first-order chi connectivity index (χ1) is 10.1. The van der Waals surface area contributed by atoms with Gasteiger partial charge in [-0.15, -0.1) is 0 Å². The number of hydrogen-bond donors (Lipinski definition) is 2. The summed E-state index contributed by atoms with van der Waals surface area (Å²) < 4.78 is 0. The second-order valence-electron chi connectivity index (χ2n) is 6.41. The van der Waals surface area contributed by atoms with Crippen molar-refractivity contribution in [3.8, 4) is 0 Å².